The van der Waals surface area contributed by atoms with Crippen molar-refractivity contribution >= 4 is 46.9 Å². The van der Waals surface area contributed by atoms with Crippen LogP contribution in [0.25, 0.3) is 11.3 Å². The molecule has 2 fully saturated rings. The minimum Gasteiger partial charge on any atom is -0.457 e. The lowest BCUT2D eigenvalue weighted by molar-refractivity contribution is -0.136. The van der Waals surface area contributed by atoms with Gasteiger partial charge >= 0.3 is 0 Å². The number of amides is 6. The molecule has 6 amide bonds. The zero-order valence-electron chi connectivity index (χ0n) is 36.4. The standard InChI is InChI=1S/C47H53N11O8/c48-43(61)41-42(30-12-14-33(15-13-30)66-32-7-2-1-3-8-32)53-58-36(18-21-50-44(41)58)29-19-23-55(24-20-29)39(60)11-4-6-31-28-56(54-52-31)25-27-65-26-22-49-35-10-5-9-34-40(35)47(64)57(46(34)63)37-16-17-38(59)51-45(37)62/h1-3,5,7-10,12-15,28-29,36-37,49-50,52,54H,4,6,11,16-27H2,(H2,48,61)(H,51,59,62)/t36-,37?/m0/s1. The summed E-state index contributed by atoms with van der Waals surface area (Å²) >= 11 is 0. The van der Waals surface area contributed by atoms with E-state index >= 15 is 0 Å². The van der Waals surface area contributed by atoms with Gasteiger partial charge in [0.15, 0.2) is 0 Å². The number of allylic oxidation sites excluding steroid dienone is 1. The molecule has 9 rings (SSSR count). The van der Waals surface area contributed by atoms with Crippen LogP contribution in [0.4, 0.5) is 11.5 Å². The van der Waals surface area contributed by atoms with Gasteiger partial charge in [0.25, 0.3) is 17.7 Å². The number of nitrogens with one attached hydrogen (secondary N) is 5. The number of fused-ring (bicyclic) bond motifs is 2. The predicted molar refractivity (Wildman–Crippen MR) is 241 cm³/mol. The van der Waals surface area contributed by atoms with Crippen molar-refractivity contribution in [2.24, 2.45) is 11.7 Å². The predicted octanol–water partition coefficient (Wildman–Crippen LogP) is 3.90. The molecule has 6 heterocycles. The maximum atomic E-state index is 13.3. The molecule has 344 valence electrons. The van der Waals surface area contributed by atoms with Crippen LogP contribution in [0.3, 0.4) is 0 Å². The lowest BCUT2D eigenvalue weighted by atomic mass is 9.86. The number of para-hydroxylation sites is 1. The Hall–Kier alpha value is -7.25. The van der Waals surface area contributed by atoms with Crippen molar-refractivity contribution in [2.45, 2.75) is 63.5 Å². The number of hydrazine groups is 2. The number of ether oxygens (including phenoxy) is 2. The van der Waals surface area contributed by atoms with Gasteiger partial charge in [-0.25, -0.2) is 4.68 Å². The third kappa shape index (κ3) is 9.30. The number of primary amides is 1. The Morgan fingerprint density at radius 3 is 2.44 bits per heavy atom. The Kier molecular flexibility index (Phi) is 13.0. The number of anilines is 2. The van der Waals surface area contributed by atoms with Gasteiger partial charge in [-0.2, -0.15) is 5.10 Å². The highest BCUT2D eigenvalue weighted by atomic mass is 16.5. The van der Waals surface area contributed by atoms with Crippen LogP contribution in [0.1, 0.15) is 88.5 Å². The van der Waals surface area contributed by atoms with Gasteiger partial charge < -0.3 is 36.2 Å². The molecule has 2 saturated heterocycles. The number of piperidine rings is 2. The van der Waals surface area contributed by atoms with Gasteiger partial charge in [0.1, 0.15) is 34.6 Å². The minimum atomic E-state index is -1.03. The van der Waals surface area contributed by atoms with Crippen molar-refractivity contribution < 1.29 is 38.2 Å². The van der Waals surface area contributed by atoms with Crippen LogP contribution < -0.4 is 37.4 Å². The second kappa shape index (κ2) is 19.5. The topological polar surface area (TPSA) is 235 Å². The maximum absolute atomic E-state index is 13.3. The average Bonchev–Trinajstić information content (AvgIpc) is 4.02. The number of hydrogen-bond donors (Lipinski definition) is 6. The molecule has 5 aliphatic rings. The molecule has 2 atom stereocenters. The summed E-state index contributed by atoms with van der Waals surface area (Å²) in [5.41, 5.74) is 15.8. The van der Waals surface area contributed by atoms with Gasteiger partial charge in [-0.15, -0.1) is 5.53 Å². The van der Waals surface area contributed by atoms with Gasteiger partial charge in [0.05, 0.1) is 36.9 Å². The monoisotopic (exact) mass is 899 g/mol. The molecule has 3 aromatic carbocycles. The molecule has 1 unspecified atom stereocenters. The van der Waals surface area contributed by atoms with Crippen LogP contribution in [0.5, 0.6) is 11.5 Å². The van der Waals surface area contributed by atoms with Gasteiger partial charge in [-0.1, -0.05) is 24.3 Å². The Balaban J connectivity index is 0.689. The van der Waals surface area contributed by atoms with Crippen LogP contribution in [-0.2, 0) is 19.1 Å². The zero-order chi connectivity index (χ0) is 45.7. The summed E-state index contributed by atoms with van der Waals surface area (Å²) in [4.78, 5) is 79.5. The summed E-state index contributed by atoms with van der Waals surface area (Å²) < 4.78 is 13.7. The van der Waals surface area contributed by atoms with E-state index in [-0.39, 0.29) is 41.8 Å². The molecule has 5 aliphatic heterocycles. The molecule has 0 aliphatic carbocycles. The largest absolute Gasteiger partial charge is 0.457 e. The first-order chi connectivity index (χ1) is 32.1. The van der Waals surface area contributed by atoms with E-state index in [4.69, 9.17) is 20.3 Å². The Bertz CT molecular complexity index is 2540. The molecule has 19 heteroatoms. The van der Waals surface area contributed by atoms with E-state index in [1.807, 2.05) is 75.4 Å². The third-order valence-corrected chi connectivity index (χ3v) is 12.8. The quantitative estimate of drug-likeness (QED) is 0.0652. The van der Waals surface area contributed by atoms with E-state index in [0.29, 0.717) is 93.7 Å². The lowest BCUT2D eigenvalue weighted by Gasteiger charge is -2.38. The summed E-state index contributed by atoms with van der Waals surface area (Å²) in [5, 5.41) is 15.6. The van der Waals surface area contributed by atoms with Gasteiger partial charge in [-0.3, -0.25) is 44.0 Å². The molecule has 0 spiro atoms. The number of hydrogen-bond acceptors (Lipinski definition) is 14. The van der Waals surface area contributed by atoms with Crippen molar-refractivity contribution in [3.63, 3.8) is 0 Å². The number of carbonyl (C=O) groups is 6. The van der Waals surface area contributed by atoms with Crippen molar-refractivity contribution in [3.05, 3.63) is 101 Å². The molecule has 1 aromatic heterocycles. The molecule has 66 heavy (non-hydrogen) atoms. The molecular formula is C47H53N11O8. The number of nitrogens with two attached hydrogens (primary N) is 1. The van der Waals surface area contributed by atoms with Crippen molar-refractivity contribution in [2.75, 3.05) is 56.6 Å². The van der Waals surface area contributed by atoms with Gasteiger partial charge in [0.2, 0.25) is 17.7 Å². The van der Waals surface area contributed by atoms with Crippen molar-refractivity contribution in [1.82, 2.24) is 40.9 Å². The first-order valence-corrected chi connectivity index (χ1v) is 22.6. The molecule has 0 saturated carbocycles. The summed E-state index contributed by atoms with van der Waals surface area (Å²) in [6, 6.07) is 21.0. The van der Waals surface area contributed by atoms with Crippen LogP contribution in [0.2, 0.25) is 0 Å². The Morgan fingerprint density at radius 2 is 1.67 bits per heavy atom. The fourth-order valence-corrected chi connectivity index (χ4v) is 9.43. The van der Waals surface area contributed by atoms with E-state index < -0.39 is 35.6 Å². The second-order valence-electron chi connectivity index (χ2n) is 17.0. The zero-order valence-corrected chi connectivity index (χ0v) is 36.4. The number of carbonyl (C=O) groups excluding carboxylic acids is 6. The third-order valence-electron chi connectivity index (χ3n) is 12.8. The van der Waals surface area contributed by atoms with E-state index in [0.717, 1.165) is 41.2 Å². The van der Waals surface area contributed by atoms with E-state index in [1.165, 1.54) is 0 Å². The first-order valence-electron chi connectivity index (χ1n) is 22.6. The van der Waals surface area contributed by atoms with Crippen molar-refractivity contribution in [1.29, 1.82) is 0 Å². The fraction of sp³-hybridized carbons (Fsp3) is 0.383. The summed E-state index contributed by atoms with van der Waals surface area (Å²) in [7, 11) is 0. The molecule has 4 aromatic rings. The molecular weight excluding hydrogens is 847 g/mol. The number of aromatic nitrogens is 2. The summed E-state index contributed by atoms with van der Waals surface area (Å²) in [6.45, 7) is 3.71. The average molecular weight is 900 g/mol. The van der Waals surface area contributed by atoms with Crippen LogP contribution in [0.15, 0.2) is 84.7 Å². The SMILES string of the molecule is NC(=O)c1c(-c2ccc(Oc3ccccc3)cc2)nn2c1NCC[C@H]2C1CCN(C(=O)CCCC2=CN(CCOCCNc3cccc4c3C(=O)N(C3CCC(=O)NC3=O)C4=O)NN2)CC1. The first kappa shape index (κ1) is 44.0. The number of imide groups is 2. The minimum absolute atomic E-state index is 0.0559. The second-order valence-corrected chi connectivity index (χ2v) is 17.0. The molecule has 7 N–H and O–H groups in total. The number of benzene rings is 3. The number of nitrogens with zero attached hydrogens (tertiary/aromatic N) is 5. The van der Waals surface area contributed by atoms with Crippen LogP contribution >= 0.6 is 0 Å². The van der Waals surface area contributed by atoms with E-state index in [1.54, 1.807) is 18.2 Å². The molecule has 0 radical (unpaired) electrons. The normalized spacial score (nSPS) is 19.5. The Morgan fingerprint density at radius 1 is 0.879 bits per heavy atom. The van der Waals surface area contributed by atoms with Crippen LogP contribution in [0, 0.1) is 5.92 Å². The van der Waals surface area contributed by atoms with E-state index in [2.05, 4.69) is 26.9 Å². The fourth-order valence-electron chi connectivity index (χ4n) is 9.43. The highest BCUT2D eigenvalue weighted by molar-refractivity contribution is 6.25. The number of rotatable bonds is 17. The van der Waals surface area contributed by atoms with Crippen LogP contribution in [-0.4, -0.2) is 112 Å². The molecule has 0 bridgehead atoms. The maximum Gasteiger partial charge on any atom is 0.264 e. The van der Waals surface area contributed by atoms with Gasteiger partial charge in [0, 0.05) is 62.2 Å². The van der Waals surface area contributed by atoms with E-state index in [9.17, 15) is 28.8 Å². The highest BCUT2D eigenvalue weighted by Gasteiger charge is 2.45. The lowest BCUT2D eigenvalue weighted by Crippen LogP contribution is -2.54. The van der Waals surface area contributed by atoms with Gasteiger partial charge in [-0.05, 0) is 93.0 Å². The summed E-state index contributed by atoms with van der Waals surface area (Å²) in [6.07, 6.45) is 6.48. The smallest absolute Gasteiger partial charge is 0.264 e. The molecule has 19 nitrogen and oxygen atoms in total. The highest BCUT2D eigenvalue weighted by Crippen LogP contribution is 2.40. The number of likely N-dealkylation sites (tertiary alicyclic amines) is 1. The Labute approximate surface area is 380 Å². The van der Waals surface area contributed by atoms with Crippen molar-refractivity contribution in [3.8, 4) is 22.8 Å². The summed E-state index contributed by atoms with van der Waals surface area (Å²) in [5.74, 6) is -0.245.